The average molecular weight is 285 g/mol. The van der Waals surface area contributed by atoms with Gasteiger partial charge in [0.1, 0.15) is 6.54 Å². The van der Waals surface area contributed by atoms with Crippen molar-refractivity contribution >= 4 is 40.5 Å². The van der Waals surface area contributed by atoms with Gasteiger partial charge < -0.3 is 15.6 Å². The molecule has 2 rings (SSSR count). The maximum absolute atomic E-state index is 11.7. The van der Waals surface area contributed by atoms with Gasteiger partial charge in [0.25, 0.3) is 0 Å². The minimum absolute atomic E-state index is 0.0842. The monoisotopic (exact) mass is 284 g/mol. The fourth-order valence-electron chi connectivity index (χ4n) is 1.39. The molecule has 0 aliphatic carbocycles. The molecule has 7 heteroatoms. The molecular formula is C11H10Cl2N4O. The van der Waals surface area contributed by atoms with Crippen LogP contribution in [0.2, 0.25) is 10.3 Å². The summed E-state index contributed by atoms with van der Waals surface area (Å²) >= 11 is 11.6. The molecule has 0 aliphatic rings. The van der Waals surface area contributed by atoms with Crippen LogP contribution in [-0.2, 0) is 11.3 Å². The van der Waals surface area contributed by atoms with Gasteiger partial charge in [-0.2, -0.15) is 0 Å². The van der Waals surface area contributed by atoms with Crippen molar-refractivity contribution in [3.8, 4) is 0 Å². The van der Waals surface area contributed by atoms with Gasteiger partial charge in [-0.3, -0.25) is 4.79 Å². The molecule has 1 amide bonds. The first-order chi connectivity index (χ1) is 8.56. The number of aromatic nitrogens is 2. The molecule has 0 bridgehead atoms. The van der Waals surface area contributed by atoms with Gasteiger partial charge in [-0.1, -0.05) is 11.6 Å². The average Bonchev–Trinajstić information content (AvgIpc) is 2.70. The van der Waals surface area contributed by atoms with Gasteiger partial charge in [0.05, 0.1) is 10.7 Å². The standard InChI is InChI=1S/C11H10Cl2N4O/c12-8-5-7(1-2-9(8)14)16-10(18)6-17-4-3-15-11(17)13/h1-5H,6,14H2,(H,16,18). The Labute approximate surface area is 114 Å². The molecule has 0 saturated carbocycles. The lowest BCUT2D eigenvalue weighted by Crippen LogP contribution is -2.18. The Morgan fingerprint density at radius 1 is 1.44 bits per heavy atom. The van der Waals surface area contributed by atoms with Crippen molar-refractivity contribution in [1.82, 2.24) is 9.55 Å². The second-order valence-electron chi connectivity index (χ2n) is 3.61. The molecule has 1 aromatic carbocycles. The largest absolute Gasteiger partial charge is 0.398 e. The smallest absolute Gasteiger partial charge is 0.244 e. The molecule has 0 saturated heterocycles. The van der Waals surface area contributed by atoms with Crippen LogP contribution in [0.4, 0.5) is 11.4 Å². The van der Waals surface area contributed by atoms with E-state index in [1.807, 2.05) is 0 Å². The van der Waals surface area contributed by atoms with Crippen molar-refractivity contribution in [2.24, 2.45) is 0 Å². The summed E-state index contributed by atoms with van der Waals surface area (Å²) in [5, 5.41) is 3.35. The van der Waals surface area contributed by atoms with Gasteiger partial charge in [-0.05, 0) is 29.8 Å². The van der Waals surface area contributed by atoms with E-state index in [2.05, 4.69) is 10.3 Å². The highest BCUT2D eigenvalue weighted by Crippen LogP contribution is 2.22. The van der Waals surface area contributed by atoms with Crippen LogP contribution in [0, 0.1) is 0 Å². The molecule has 0 radical (unpaired) electrons. The Balaban J connectivity index is 2.03. The molecule has 0 spiro atoms. The zero-order valence-corrected chi connectivity index (χ0v) is 10.7. The molecule has 18 heavy (non-hydrogen) atoms. The Morgan fingerprint density at radius 3 is 2.83 bits per heavy atom. The van der Waals surface area contributed by atoms with E-state index in [9.17, 15) is 4.79 Å². The lowest BCUT2D eigenvalue weighted by molar-refractivity contribution is -0.116. The van der Waals surface area contributed by atoms with E-state index < -0.39 is 0 Å². The highest BCUT2D eigenvalue weighted by atomic mass is 35.5. The number of hydrogen-bond donors (Lipinski definition) is 2. The van der Waals surface area contributed by atoms with Crippen LogP contribution in [0.3, 0.4) is 0 Å². The van der Waals surface area contributed by atoms with Gasteiger partial charge in [0, 0.05) is 18.1 Å². The fourth-order valence-corrected chi connectivity index (χ4v) is 1.74. The van der Waals surface area contributed by atoms with E-state index in [0.717, 1.165) is 0 Å². The number of nitrogens with one attached hydrogen (secondary N) is 1. The molecule has 0 fully saturated rings. The van der Waals surface area contributed by atoms with Gasteiger partial charge in [-0.15, -0.1) is 0 Å². The van der Waals surface area contributed by atoms with E-state index in [4.69, 9.17) is 28.9 Å². The number of benzene rings is 1. The first kappa shape index (κ1) is 12.7. The quantitative estimate of drug-likeness (QED) is 0.850. The van der Waals surface area contributed by atoms with Crippen LogP contribution < -0.4 is 11.1 Å². The summed E-state index contributed by atoms with van der Waals surface area (Å²) in [6.07, 6.45) is 3.15. The molecule has 94 valence electrons. The zero-order chi connectivity index (χ0) is 13.1. The third-order valence-corrected chi connectivity index (χ3v) is 2.90. The third-order valence-electron chi connectivity index (χ3n) is 2.26. The number of hydrogen-bond acceptors (Lipinski definition) is 3. The first-order valence-corrected chi connectivity index (χ1v) is 5.83. The molecule has 0 aliphatic heterocycles. The normalized spacial score (nSPS) is 10.3. The number of nitrogens with two attached hydrogens (primary N) is 1. The van der Waals surface area contributed by atoms with Crippen molar-refractivity contribution in [3.63, 3.8) is 0 Å². The molecule has 2 aromatic rings. The number of nitrogens with zero attached hydrogens (tertiary/aromatic N) is 2. The number of imidazole rings is 1. The van der Waals surface area contributed by atoms with Crippen molar-refractivity contribution in [2.45, 2.75) is 6.54 Å². The highest BCUT2D eigenvalue weighted by Gasteiger charge is 2.07. The molecule has 0 unspecified atom stereocenters. The Bertz CT molecular complexity index is 582. The van der Waals surface area contributed by atoms with Crippen molar-refractivity contribution in [1.29, 1.82) is 0 Å². The summed E-state index contributed by atoms with van der Waals surface area (Å²) < 4.78 is 1.52. The second kappa shape index (κ2) is 5.29. The van der Waals surface area contributed by atoms with Crippen LogP contribution in [0.25, 0.3) is 0 Å². The topological polar surface area (TPSA) is 72.9 Å². The maximum Gasteiger partial charge on any atom is 0.244 e. The number of anilines is 2. The fraction of sp³-hybridized carbons (Fsp3) is 0.0909. The lowest BCUT2D eigenvalue weighted by atomic mass is 10.3. The van der Waals surface area contributed by atoms with Gasteiger partial charge in [0.2, 0.25) is 11.2 Å². The Hall–Kier alpha value is -1.72. The maximum atomic E-state index is 11.7. The van der Waals surface area contributed by atoms with E-state index >= 15 is 0 Å². The molecular weight excluding hydrogens is 275 g/mol. The molecule has 3 N–H and O–H groups in total. The highest BCUT2D eigenvalue weighted by molar-refractivity contribution is 6.33. The number of rotatable bonds is 3. The summed E-state index contributed by atoms with van der Waals surface area (Å²) in [6, 6.07) is 4.89. The second-order valence-corrected chi connectivity index (χ2v) is 4.35. The van der Waals surface area contributed by atoms with Crippen molar-refractivity contribution < 1.29 is 4.79 Å². The van der Waals surface area contributed by atoms with Crippen LogP contribution in [0.15, 0.2) is 30.6 Å². The van der Waals surface area contributed by atoms with Crippen LogP contribution >= 0.6 is 23.2 Å². The summed E-state index contributed by atoms with van der Waals surface area (Å²) in [5.74, 6) is -0.226. The SMILES string of the molecule is Nc1ccc(NC(=O)Cn2ccnc2Cl)cc1Cl. The molecule has 5 nitrogen and oxygen atoms in total. The Morgan fingerprint density at radius 2 is 2.22 bits per heavy atom. The van der Waals surface area contributed by atoms with E-state index in [1.54, 1.807) is 24.4 Å². The molecule has 0 atom stereocenters. The van der Waals surface area contributed by atoms with Gasteiger partial charge in [0.15, 0.2) is 0 Å². The number of amides is 1. The third kappa shape index (κ3) is 2.94. The van der Waals surface area contributed by atoms with Crippen LogP contribution in [-0.4, -0.2) is 15.5 Å². The number of nitrogen functional groups attached to an aromatic ring is 1. The van der Waals surface area contributed by atoms with Crippen LogP contribution in [0.1, 0.15) is 0 Å². The minimum Gasteiger partial charge on any atom is -0.398 e. The summed E-state index contributed by atoms with van der Waals surface area (Å²) in [6.45, 7) is 0.0842. The van der Waals surface area contributed by atoms with Gasteiger partial charge in [-0.25, -0.2) is 4.98 Å². The van der Waals surface area contributed by atoms with E-state index in [1.165, 1.54) is 10.8 Å². The van der Waals surface area contributed by atoms with Gasteiger partial charge >= 0.3 is 0 Å². The zero-order valence-electron chi connectivity index (χ0n) is 9.23. The first-order valence-electron chi connectivity index (χ1n) is 5.08. The van der Waals surface area contributed by atoms with E-state index in [-0.39, 0.29) is 17.7 Å². The Kier molecular flexibility index (Phi) is 3.74. The van der Waals surface area contributed by atoms with E-state index in [0.29, 0.717) is 16.4 Å². The van der Waals surface area contributed by atoms with Crippen molar-refractivity contribution in [3.05, 3.63) is 40.9 Å². The summed E-state index contributed by atoms with van der Waals surface area (Å²) in [4.78, 5) is 15.5. The number of halogens is 2. The summed E-state index contributed by atoms with van der Waals surface area (Å²) in [7, 11) is 0. The van der Waals surface area contributed by atoms with Crippen LogP contribution in [0.5, 0.6) is 0 Å². The predicted molar refractivity (Wildman–Crippen MR) is 71.7 cm³/mol. The number of carbonyl (C=O) groups excluding carboxylic acids is 1. The number of carbonyl (C=O) groups is 1. The summed E-state index contributed by atoms with van der Waals surface area (Å²) in [5.41, 5.74) is 6.62. The molecule has 1 heterocycles. The predicted octanol–water partition coefficient (Wildman–Crippen LogP) is 2.41. The lowest BCUT2D eigenvalue weighted by Gasteiger charge is -2.07. The minimum atomic E-state index is -0.226. The molecule has 1 aromatic heterocycles. The van der Waals surface area contributed by atoms with Crippen molar-refractivity contribution in [2.75, 3.05) is 11.1 Å².